The Bertz CT molecular complexity index is 951. The summed E-state index contributed by atoms with van der Waals surface area (Å²) in [5.41, 5.74) is 5.50. The minimum Gasteiger partial charge on any atom is -0.462 e. The topological polar surface area (TPSA) is 86.6 Å². The van der Waals surface area contributed by atoms with Gasteiger partial charge in [0.2, 0.25) is 0 Å². The number of nitrogens with one attached hydrogen (secondary N) is 1. The van der Waals surface area contributed by atoms with E-state index >= 15 is 0 Å². The summed E-state index contributed by atoms with van der Waals surface area (Å²) in [7, 11) is 0. The fourth-order valence-electron chi connectivity index (χ4n) is 3.48. The van der Waals surface area contributed by atoms with E-state index in [9.17, 15) is 14.4 Å². The molecule has 1 atom stereocenters. The number of hydrogen-bond acceptors (Lipinski definition) is 5. The third-order valence-electron chi connectivity index (χ3n) is 4.96. The van der Waals surface area contributed by atoms with Crippen LogP contribution >= 0.6 is 0 Å². The van der Waals surface area contributed by atoms with Gasteiger partial charge in [-0.15, -0.1) is 0 Å². The second-order valence-electron chi connectivity index (χ2n) is 7.49. The lowest BCUT2D eigenvalue weighted by molar-refractivity contribution is -0.153. The molecule has 1 aromatic heterocycles. The van der Waals surface area contributed by atoms with Gasteiger partial charge in [0.1, 0.15) is 6.54 Å². The van der Waals surface area contributed by atoms with E-state index in [0.717, 1.165) is 28.1 Å². The van der Waals surface area contributed by atoms with Crippen LogP contribution in [0.1, 0.15) is 52.3 Å². The summed E-state index contributed by atoms with van der Waals surface area (Å²) >= 11 is 0. The largest absolute Gasteiger partial charge is 0.462 e. The van der Waals surface area contributed by atoms with Gasteiger partial charge in [-0.05, 0) is 65.7 Å². The molecular formula is C23H30N2O5. The van der Waals surface area contributed by atoms with E-state index in [2.05, 4.69) is 5.32 Å². The average molecular weight is 415 g/mol. The van der Waals surface area contributed by atoms with Crippen molar-refractivity contribution < 1.29 is 23.9 Å². The summed E-state index contributed by atoms with van der Waals surface area (Å²) in [4.78, 5) is 37.0. The maximum atomic E-state index is 12.5. The Labute approximate surface area is 177 Å². The lowest BCUT2D eigenvalue weighted by Crippen LogP contribution is -2.32. The van der Waals surface area contributed by atoms with Gasteiger partial charge in [-0.3, -0.25) is 9.59 Å². The number of esters is 2. The molecule has 0 aliphatic carbocycles. The van der Waals surface area contributed by atoms with Gasteiger partial charge in [0.15, 0.2) is 6.10 Å². The maximum absolute atomic E-state index is 12.5. The second-order valence-corrected chi connectivity index (χ2v) is 7.49. The molecule has 30 heavy (non-hydrogen) atoms. The fraction of sp³-hybridized carbons (Fsp3) is 0.435. The zero-order valence-corrected chi connectivity index (χ0v) is 18.7. The smallest absolute Gasteiger partial charge is 0.339 e. The summed E-state index contributed by atoms with van der Waals surface area (Å²) in [6.07, 6.45) is -0.960. The van der Waals surface area contributed by atoms with E-state index in [-0.39, 0.29) is 13.2 Å². The molecule has 0 aliphatic rings. The first-order chi connectivity index (χ1) is 14.0. The average Bonchev–Trinajstić information content (AvgIpc) is 2.92. The number of benzene rings is 1. The Morgan fingerprint density at radius 3 is 2.20 bits per heavy atom. The third kappa shape index (κ3) is 5.28. The predicted molar refractivity (Wildman–Crippen MR) is 115 cm³/mol. The van der Waals surface area contributed by atoms with E-state index in [1.807, 2.05) is 32.9 Å². The first-order valence-corrected chi connectivity index (χ1v) is 9.97. The molecule has 0 saturated heterocycles. The number of ether oxygens (including phenoxy) is 2. The Morgan fingerprint density at radius 1 is 1.03 bits per heavy atom. The van der Waals surface area contributed by atoms with Gasteiger partial charge in [-0.2, -0.15) is 0 Å². The third-order valence-corrected chi connectivity index (χ3v) is 4.96. The SMILES string of the molecule is CCOC(=O)c1cc(C)n(CC(=O)OC(C)C(=O)Nc2c(C)cc(C)cc2C)c1C. The molecule has 0 saturated carbocycles. The minimum atomic E-state index is -0.960. The maximum Gasteiger partial charge on any atom is 0.339 e. The molecule has 0 radical (unpaired) electrons. The number of aromatic nitrogens is 1. The molecule has 2 rings (SSSR count). The summed E-state index contributed by atoms with van der Waals surface area (Å²) in [6.45, 7) is 12.8. The van der Waals surface area contributed by atoms with Gasteiger partial charge in [-0.1, -0.05) is 17.7 Å². The molecule has 0 aliphatic heterocycles. The minimum absolute atomic E-state index is 0.0999. The predicted octanol–water partition coefficient (Wildman–Crippen LogP) is 3.78. The Morgan fingerprint density at radius 2 is 1.63 bits per heavy atom. The van der Waals surface area contributed by atoms with Gasteiger partial charge in [0, 0.05) is 17.1 Å². The van der Waals surface area contributed by atoms with Crippen LogP contribution in [0.3, 0.4) is 0 Å². The van der Waals surface area contributed by atoms with Crippen molar-refractivity contribution in [3.05, 3.63) is 51.8 Å². The van der Waals surface area contributed by atoms with Crippen molar-refractivity contribution in [2.75, 3.05) is 11.9 Å². The zero-order chi connectivity index (χ0) is 22.6. The van der Waals surface area contributed by atoms with Crippen LogP contribution in [0.4, 0.5) is 5.69 Å². The standard InChI is InChI=1S/C23H30N2O5/c1-8-29-23(28)19-11-16(5)25(17(19)6)12-20(26)30-18(7)22(27)24-21-14(3)9-13(2)10-15(21)4/h9-11,18H,8,12H2,1-7H3,(H,24,27). The first kappa shape index (κ1) is 23.2. The molecule has 2 aromatic rings. The Hall–Kier alpha value is -3.09. The summed E-state index contributed by atoms with van der Waals surface area (Å²) in [6, 6.07) is 5.65. The van der Waals surface area contributed by atoms with Crippen LogP contribution in [0.25, 0.3) is 0 Å². The lowest BCUT2D eigenvalue weighted by atomic mass is 10.0. The molecule has 1 aromatic carbocycles. The molecule has 0 bridgehead atoms. The number of aryl methyl sites for hydroxylation is 4. The van der Waals surface area contributed by atoms with Crippen molar-refractivity contribution in [2.24, 2.45) is 0 Å². The molecule has 7 nitrogen and oxygen atoms in total. The van der Waals surface area contributed by atoms with Crippen LogP contribution in [0.2, 0.25) is 0 Å². The van der Waals surface area contributed by atoms with Crippen molar-refractivity contribution in [1.29, 1.82) is 0 Å². The van der Waals surface area contributed by atoms with Crippen LogP contribution in [0.15, 0.2) is 18.2 Å². The molecule has 1 unspecified atom stereocenters. The van der Waals surface area contributed by atoms with Gasteiger partial charge in [0.25, 0.3) is 5.91 Å². The Kier molecular flexibility index (Phi) is 7.43. The van der Waals surface area contributed by atoms with Gasteiger partial charge in [-0.25, -0.2) is 4.79 Å². The van der Waals surface area contributed by atoms with E-state index in [0.29, 0.717) is 11.3 Å². The normalized spacial score (nSPS) is 11.7. The van der Waals surface area contributed by atoms with Crippen LogP contribution < -0.4 is 5.32 Å². The summed E-state index contributed by atoms with van der Waals surface area (Å²) in [5, 5.41) is 2.85. The molecule has 1 amide bonds. The molecule has 0 spiro atoms. The van der Waals surface area contributed by atoms with Crippen molar-refractivity contribution in [1.82, 2.24) is 4.57 Å². The number of amides is 1. The van der Waals surface area contributed by atoms with Crippen molar-refractivity contribution in [2.45, 2.75) is 61.1 Å². The monoisotopic (exact) mass is 414 g/mol. The zero-order valence-electron chi connectivity index (χ0n) is 18.7. The van der Waals surface area contributed by atoms with Crippen molar-refractivity contribution >= 4 is 23.5 Å². The highest BCUT2D eigenvalue weighted by Gasteiger charge is 2.22. The number of carbonyl (C=O) groups excluding carboxylic acids is 3. The number of rotatable bonds is 7. The highest BCUT2D eigenvalue weighted by molar-refractivity contribution is 5.96. The number of carbonyl (C=O) groups is 3. The molecule has 1 heterocycles. The van der Waals surface area contributed by atoms with Gasteiger partial charge in [0.05, 0.1) is 12.2 Å². The van der Waals surface area contributed by atoms with Gasteiger partial charge < -0.3 is 19.4 Å². The van der Waals surface area contributed by atoms with E-state index < -0.39 is 23.9 Å². The van der Waals surface area contributed by atoms with Crippen LogP contribution in [0.5, 0.6) is 0 Å². The first-order valence-electron chi connectivity index (χ1n) is 9.97. The lowest BCUT2D eigenvalue weighted by Gasteiger charge is -2.17. The number of anilines is 1. The molecular weight excluding hydrogens is 384 g/mol. The summed E-state index contributed by atoms with van der Waals surface area (Å²) < 4.78 is 12.0. The summed E-state index contributed by atoms with van der Waals surface area (Å²) in [5.74, 6) is -1.39. The number of hydrogen-bond donors (Lipinski definition) is 1. The highest BCUT2D eigenvalue weighted by atomic mass is 16.5. The quantitative estimate of drug-likeness (QED) is 0.697. The highest BCUT2D eigenvalue weighted by Crippen LogP contribution is 2.22. The molecule has 7 heteroatoms. The molecule has 162 valence electrons. The van der Waals surface area contributed by atoms with Crippen molar-refractivity contribution in [3.8, 4) is 0 Å². The Balaban J connectivity index is 2.05. The molecule has 1 N–H and O–H groups in total. The van der Waals surface area contributed by atoms with Crippen molar-refractivity contribution in [3.63, 3.8) is 0 Å². The second kappa shape index (κ2) is 9.61. The van der Waals surface area contributed by atoms with Crippen LogP contribution in [-0.4, -0.2) is 35.1 Å². The molecule has 0 fully saturated rings. The van der Waals surface area contributed by atoms with Gasteiger partial charge >= 0.3 is 11.9 Å². The fourth-order valence-corrected chi connectivity index (χ4v) is 3.48. The van der Waals surface area contributed by atoms with Crippen LogP contribution in [0, 0.1) is 34.6 Å². The van der Waals surface area contributed by atoms with Crippen LogP contribution in [-0.2, 0) is 25.6 Å². The van der Waals surface area contributed by atoms with E-state index in [1.54, 1.807) is 31.4 Å². The van der Waals surface area contributed by atoms with E-state index in [1.165, 1.54) is 6.92 Å². The van der Waals surface area contributed by atoms with E-state index in [4.69, 9.17) is 9.47 Å². The number of nitrogens with zero attached hydrogens (tertiary/aromatic N) is 1.